The Labute approximate surface area is 158 Å². The maximum Gasteiger partial charge on any atom is 0.251 e. The van der Waals surface area contributed by atoms with Gasteiger partial charge >= 0.3 is 0 Å². The van der Waals surface area contributed by atoms with Gasteiger partial charge in [0, 0.05) is 41.8 Å². The summed E-state index contributed by atoms with van der Waals surface area (Å²) in [7, 11) is 4.71. The molecule has 0 saturated carbocycles. The summed E-state index contributed by atoms with van der Waals surface area (Å²) in [6, 6.07) is 14.9. The highest BCUT2D eigenvalue weighted by atomic mass is 16.5. The van der Waals surface area contributed by atoms with Crippen molar-refractivity contribution in [1.82, 2.24) is 9.88 Å². The van der Waals surface area contributed by atoms with Gasteiger partial charge in [-0.25, -0.2) is 0 Å². The summed E-state index contributed by atoms with van der Waals surface area (Å²) in [5.74, 6) is 1.61. The first-order valence-corrected chi connectivity index (χ1v) is 8.46. The van der Waals surface area contributed by atoms with E-state index in [0.29, 0.717) is 29.4 Å². The predicted molar refractivity (Wildman–Crippen MR) is 103 cm³/mol. The van der Waals surface area contributed by atoms with Crippen molar-refractivity contribution in [2.24, 2.45) is 0 Å². The van der Waals surface area contributed by atoms with Crippen LogP contribution in [0.2, 0.25) is 0 Å². The van der Waals surface area contributed by atoms with Crippen molar-refractivity contribution in [3.05, 3.63) is 72.1 Å². The zero-order valence-electron chi connectivity index (χ0n) is 15.6. The molecule has 0 bridgehead atoms. The number of benzene rings is 2. The van der Waals surface area contributed by atoms with Crippen molar-refractivity contribution >= 4 is 5.91 Å². The fourth-order valence-electron chi connectivity index (χ4n) is 2.82. The van der Waals surface area contributed by atoms with E-state index >= 15 is 0 Å². The van der Waals surface area contributed by atoms with Crippen LogP contribution in [0.3, 0.4) is 0 Å². The quantitative estimate of drug-likeness (QED) is 0.696. The monoisotopic (exact) mass is 366 g/mol. The molecule has 1 heterocycles. The number of methoxy groups -OCH3 is 3. The summed E-state index contributed by atoms with van der Waals surface area (Å²) in [6.07, 6.45) is 3.87. The molecule has 0 atom stereocenters. The van der Waals surface area contributed by atoms with Gasteiger partial charge in [0.1, 0.15) is 5.75 Å². The SMILES string of the molecule is COc1cc(OC)c(OC)cc1CNC(=O)c1cccc(-n2cccc2)c1. The first-order valence-electron chi connectivity index (χ1n) is 8.46. The van der Waals surface area contributed by atoms with Crippen LogP contribution in [-0.4, -0.2) is 31.8 Å². The first-order chi connectivity index (χ1) is 13.2. The molecule has 0 saturated heterocycles. The van der Waals surface area contributed by atoms with E-state index in [-0.39, 0.29) is 5.91 Å². The van der Waals surface area contributed by atoms with E-state index in [1.165, 1.54) is 0 Å². The number of aromatic nitrogens is 1. The Balaban J connectivity index is 1.77. The summed E-state index contributed by atoms with van der Waals surface area (Å²) in [5.41, 5.74) is 2.31. The van der Waals surface area contributed by atoms with Gasteiger partial charge in [0.25, 0.3) is 5.91 Å². The lowest BCUT2D eigenvalue weighted by Crippen LogP contribution is -2.23. The van der Waals surface area contributed by atoms with Gasteiger partial charge in [0.15, 0.2) is 11.5 Å². The summed E-state index contributed by atoms with van der Waals surface area (Å²) >= 11 is 0. The van der Waals surface area contributed by atoms with Gasteiger partial charge in [-0.05, 0) is 36.4 Å². The van der Waals surface area contributed by atoms with E-state index in [4.69, 9.17) is 14.2 Å². The van der Waals surface area contributed by atoms with E-state index < -0.39 is 0 Å². The zero-order chi connectivity index (χ0) is 19.2. The highest BCUT2D eigenvalue weighted by Crippen LogP contribution is 2.34. The number of rotatable bonds is 7. The largest absolute Gasteiger partial charge is 0.496 e. The molecule has 0 aliphatic rings. The molecule has 1 aromatic heterocycles. The lowest BCUT2D eigenvalue weighted by Gasteiger charge is -2.15. The van der Waals surface area contributed by atoms with E-state index in [1.807, 2.05) is 47.3 Å². The third-order valence-electron chi connectivity index (χ3n) is 4.24. The molecular weight excluding hydrogens is 344 g/mol. The minimum absolute atomic E-state index is 0.166. The van der Waals surface area contributed by atoms with E-state index in [9.17, 15) is 4.79 Å². The van der Waals surface area contributed by atoms with Crippen molar-refractivity contribution in [3.63, 3.8) is 0 Å². The molecular formula is C21H22N2O4. The fourth-order valence-corrected chi connectivity index (χ4v) is 2.82. The summed E-state index contributed by atoms with van der Waals surface area (Å²) in [4.78, 5) is 12.6. The van der Waals surface area contributed by atoms with Gasteiger partial charge in [-0.1, -0.05) is 6.07 Å². The lowest BCUT2D eigenvalue weighted by atomic mass is 10.1. The van der Waals surface area contributed by atoms with Crippen LogP contribution < -0.4 is 19.5 Å². The number of amides is 1. The van der Waals surface area contributed by atoms with Gasteiger partial charge in [-0.15, -0.1) is 0 Å². The molecule has 0 aliphatic carbocycles. The molecule has 27 heavy (non-hydrogen) atoms. The zero-order valence-corrected chi connectivity index (χ0v) is 15.6. The minimum Gasteiger partial charge on any atom is -0.496 e. The van der Waals surface area contributed by atoms with Crippen LogP contribution in [-0.2, 0) is 6.54 Å². The highest BCUT2D eigenvalue weighted by molar-refractivity contribution is 5.94. The molecule has 140 valence electrons. The number of hydrogen-bond donors (Lipinski definition) is 1. The van der Waals surface area contributed by atoms with Crippen molar-refractivity contribution in [1.29, 1.82) is 0 Å². The van der Waals surface area contributed by atoms with E-state index in [0.717, 1.165) is 11.3 Å². The lowest BCUT2D eigenvalue weighted by molar-refractivity contribution is 0.0950. The topological polar surface area (TPSA) is 61.7 Å². The average molecular weight is 366 g/mol. The normalized spacial score (nSPS) is 10.3. The standard InChI is InChI=1S/C21H22N2O4/c1-25-18-13-20(27-3)19(26-2)12-16(18)14-22-21(24)15-7-6-8-17(11-15)23-9-4-5-10-23/h4-13H,14H2,1-3H3,(H,22,24). The summed E-state index contributed by atoms with van der Waals surface area (Å²) in [5, 5.41) is 2.93. The second-order valence-corrected chi connectivity index (χ2v) is 5.84. The van der Waals surface area contributed by atoms with Crippen LogP contribution in [0.1, 0.15) is 15.9 Å². The van der Waals surface area contributed by atoms with Crippen LogP contribution in [0.25, 0.3) is 5.69 Å². The maximum absolute atomic E-state index is 12.6. The smallest absolute Gasteiger partial charge is 0.251 e. The van der Waals surface area contributed by atoms with Crippen molar-refractivity contribution in [3.8, 4) is 22.9 Å². The minimum atomic E-state index is -0.166. The average Bonchev–Trinajstić information content (AvgIpc) is 3.26. The van der Waals surface area contributed by atoms with Crippen LogP contribution in [0, 0.1) is 0 Å². The summed E-state index contributed by atoms with van der Waals surface area (Å²) < 4.78 is 18.0. The van der Waals surface area contributed by atoms with Crippen molar-refractivity contribution in [2.45, 2.75) is 6.54 Å². The molecule has 3 aromatic rings. The molecule has 2 aromatic carbocycles. The number of carbonyl (C=O) groups excluding carboxylic acids is 1. The second kappa shape index (κ2) is 8.31. The van der Waals surface area contributed by atoms with Crippen LogP contribution >= 0.6 is 0 Å². The van der Waals surface area contributed by atoms with Crippen LogP contribution in [0.4, 0.5) is 0 Å². The predicted octanol–water partition coefficient (Wildman–Crippen LogP) is 3.43. The van der Waals surface area contributed by atoms with Crippen molar-refractivity contribution < 1.29 is 19.0 Å². The number of nitrogens with one attached hydrogen (secondary N) is 1. The van der Waals surface area contributed by atoms with Crippen LogP contribution in [0.15, 0.2) is 60.9 Å². The molecule has 1 amide bonds. The first kappa shape index (κ1) is 18.4. The number of nitrogens with zero attached hydrogens (tertiary/aromatic N) is 1. The Morgan fingerprint density at radius 1 is 0.889 bits per heavy atom. The Morgan fingerprint density at radius 3 is 2.22 bits per heavy atom. The van der Waals surface area contributed by atoms with Gasteiger partial charge < -0.3 is 24.1 Å². The molecule has 0 fully saturated rings. The molecule has 3 rings (SSSR count). The number of carbonyl (C=O) groups is 1. The summed E-state index contributed by atoms with van der Waals surface area (Å²) in [6.45, 7) is 0.302. The Hall–Kier alpha value is -3.41. The van der Waals surface area contributed by atoms with Gasteiger partial charge in [0.2, 0.25) is 0 Å². The van der Waals surface area contributed by atoms with E-state index in [1.54, 1.807) is 39.5 Å². The molecule has 6 heteroatoms. The van der Waals surface area contributed by atoms with Crippen molar-refractivity contribution in [2.75, 3.05) is 21.3 Å². The fraction of sp³-hybridized carbons (Fsp3) is 0.190. The van der Waals surface area contributed by atoms with Gasteiger partial charge in [-0.3, -0.25) is 4.79 Å². The second-order valence-electron chi connectivity index (χ2n) is 5.84. The third-order valence-corrected chi connectivity index (χ3v) is 4.24. The Kier molecular flexibility index (Phi) is 5.66. The number of ether oxygens (including phenoxy) is 3. The number of hydrogen-bond acceptors (Lipinski definition) is 4. The van der Waals surface area contributed by atoms with Crippen LogP contribution in [0.5, 0.6) is 17.2 Å². The highest BCUT2D eigenvalue weighted by Gasteiger charge is 2.13. The molecule has 0 radical (unpaired) electrons. The molecule has 1 N–H and O–H groups in total. The Bertz CT molecular complexity index is 920. The molecule has 0 aliphatic heterocycles. The van der Waals surface area contributed by atoms with Gasteiger partial charge in [-0.2, -0.15) is 0 Å². The molecule has 0 unspecified atom stereocenters. The third kappa shape index (κ3) is 4.06. The van der Waals surface area contributed by atoms with E-state index in [2.05, 4.69) is 5.32 Å². The maximum atomic E-state index is 12.6. The molecule has 6 nitrogen and oxygen atoms in total. The van der Waals surface area contributed by atoms with Gasteiger partial charge in [0.05, 0.1) is 21.3 Å². The molecule has 0 spiro atoms. The Morgan fingerprint density at radius 2 is 1.56 bits per heavy atom.